The molecule has 0 bridgehead atoms. The van der Waals surface area contributed by atoms with Crippen molar-refractivity contribution < 1.29 is 15.1 Å². The zero-order valence-electron chi connectivity index (χ0n) is 8.43. The molecule has 3 N–H and O–H groups in total. The number of H-pyrrole nitrogens is 1. The number of rotatable bonds is 2. The van der Waals surface area contributed by atoms with Gasteiger partial charge in [-0.2, -0.15) is 5.10 Å². The summed E-state index contributed by atoms with van der Waals surface area (Å²) in [5.41, 5.74) is 1.64. The molecular weight excluding hydrogens is 210 g/mol. The number of nitrogens with zero attached hydrogens (tertiary/aromatic N) is 2. The van der Waals surface area contributed by atoms with Crippen LogP contribution in [0.5, 0.6) is 0 Å². The Kier molecular flexibility index (Phi) is 2.32. The molecule has 6 nitrogen and oxygen atoms in total. The largest absolute Gasteiger partial charge is 0.478 e. The van der Waals surface area contributed by atoms with E-state index in [2.05, 4.69) is 15.4 Å². The lowest BCUT2D eigenvalue weighted by molar-refractivity contribution is 0.0697. The first-order chi connectivity index (χ1) is 7.63. The van der Waals surface area contributed by atoms with Gasteiger partial charge in [-0.05, 0) is 25.1 Å². The molecule has 16 heavy (non-hydrogen) atoms. The van der Waals surface area contributed by atoms with Gasteiger partial charge in [0.05, 0.1) is 11.1 Å². The topological polar surface area (TPSA) is 98.6 Å². The van der Waals surface area contributed by atoms with Crippen LogP contribution in [0.25, 0.3) is 10.9 Å². The Morgan fingerprint density at radius 2 is 2.25 bits per heavy atom. The van der Waals surface area contributed by atoms with Crippen molar-refractivity contribution in [2.75, 3.05) is 0 Å². The number of hydrogen-bond acceptors (Lipinski definition) is 4. The molecule has 1 heterocycles. The lowest BCUT2D eigenvalue weighted by Crippen LogP contribution is -1.98. The number of aromatic carboxylic acids is 1. The van der Waals surface area contributed by atoms with Crippen LogP contribution in [0.4, 0.5) is 0 Å². The molecule has 0 saturated heterocycles. The van der Waals surface area contributed by atoms with Crippen LogP contribution in [-0.4, -0.2) is 32.2 Å². The maximum absolute atomic E-state index is 10.8. The van der Waals surface area contributed by atoms with Crippen LogP contribution in [0.15, 0.2) is 23.4 Å². The molecule has 6 heteroatoms. The number of carbonyl (C=O) groups is 1. The second-order valence-electron chi connectivity index (χ2n) is 3.32. The van der Waals surface area contributed by atoms with Crippen molar-refractivity contribution in [3.8, 4) is 0 Å². The van der Waals surface area contributed by atoms with Crippen LogP contribution in [0.3, 0.4) is 0 Å². The Morgan fingerprint density at radius 1 is 1.50 bits per heavy atom. The summed E-state index contributed by atoms with van der Waals surface area (Å²) >= 11 is 0. The predicted molar refractivity (Wildman–Crippen MR) is 57.1 cm³/mol. The highest BCUT2D eigenvalue weighted by molar-refractivity contribution is 6.08. The average Bonchev–Trinajstić information content (AvgIpc) is 2.70. The van der Waals surface area contributed by atoms with Gasteiger partial charge in [-0.15, -0.1) is 0 Å². The summed E-state index contributed by atoms with van der Waals surface area (Å²) in [5, 5.41) is 27.9. The van der Waals surface area contributed by atoms with Crippen molar-refractivity contribution in [3.63, 3.8) is 0 Å². The molecule has 0 aliphatic rings. The van der Waals surface area contributed by atoms with Gasteiger partial charge in [0.1, 0.15) is 11.4 Å². The Morgan fingerprint density at radius 3 is 2.88 bits per heavy atom. The fraction of sp³-hybridized carbons (Fsp3) is 0.100. The van der Waals surface area contributed by atoms with Crippen LogP contribution >= 0.6 is 0 Å². The molecular formula is C10H9N3O3. The molecule has 0 spiro atoms. The monoisotopic (exact) mass is 219 g/mol. The number of oxime groups is 1. The third-order valence-corrected chi connectivity index (χ3v) is 2.30. The van der Waals surface area contributed by atoms with Crippen molar-refractivity contribution in [1.29, 1.82) is 0 Å². The van der Waals surface area contributed by atoms with E-state index >= 15 is 0 Å². The molecule has 0 fully saturated rings. The molecule has 0 saturated carbocycles. The van der Waals surface area contributed by atoms with Gasteiger partial charge in [-0.3, -0.25) is 5.10 Å². The second kappa shape index (κ2) is 3.65. The molecule has 1 aromatic carbocycles. The molecule has 2 rings (SSSR count). The third kappa shape index (κ3) is 1.50. The molecule has 1 aromatic heterocycles. The molecule has 0 radical (unpaired) electrons. The molecule has 0 aliphatic carbocycles. The fourth-order valence-electron chi connectivity index (χ4n) is 1.47. The van der Waals surface area contributed by atoms with Crippen LogP contribution in [0.2, 0.25) is 0 Å². The number of aromatic amines is 1. The molecule has 0 unspecified atom stereocenters. The van der Waals surface area contributed by atoms with E-state index in [0.29, 0.717) is 22.3 Å². The number of carboxylic acids is 1. The number of fused-ring (bicyclic) bond motifs is 1. The number of aromatic nitrogens is 2. The van der Waals surface area contributed by atoms with E-state index in [1.165, 1.54) is 12.1 Å². The van der Waals surface area contributed by atoms with Gasteiger partial charge in [-0.25, -0.2) is 4.79 Å². The smallest absolute Gasteiger partial charge is 0.335 e. The van der Waals surface area contributed by atoms with Gasteiger partial charge in [-0.1, -0.05) is 5.16 Å². The Balaban J connectivity index is 2.69. The summed E-state index contributed by atoms with van der Waals surface area (Å²) in [6.45, 7) is 1.59. The Bertz CT molecular complexity index is 586. The Hall–Kier alpha value is -2.37. The van der Waals surface area contributed by atoms with E-state index in [1.807, 2.05) is 0 Å². The summed E-state index contributed by atoms with van der Waals surface area (Å²) in [7, 11) is 0. The van der Waals surface area contributed by atoms with Crippen molar-refractivity contribution in [3.05, 3.63) is 29.5 Å². The normalized spacial score (nSPS) is 11.9. The highest BCUT2D eigenvalue weighted by atomic mass is 16.4. The quantitative estimate of drug-likeness (QED) is 0.404. The van der Waals surface area contributed by atoms with Gasteiger partial charge in [0, 0.05) is 5.39 Å². The molecule has 2 aromatic rings. The lowest BCUT2D eigenvalue weighted by atomic mass is 10.1. The van der Waals surface area contributed by atoms with Crippen LogP contribution in [0.1, 0.15) is 23.0 Å². The highest BCUT2D eigenvalue weighted by Gasteiger charge is 2.11. The van der Waals surface area contributed by atoms with Crippen LogP contribution in [0, 0.1) is 0 Å². The van der Waals surface area contributed by atoms with Gasteiger partial charge in [0.25, 0.3) is 0 Å². The molecule has 82 valence electrons. The second-order valence-corrected chi connectivity index (χ2v) is 3.32. The molecule has 0 amide bonds. The van der Waals surface area contributed by atoms with E-state index in [-0.39, 0.29) is 5.56 Å². The summed E-state index contributed by atoms with van der Waals surface area (Å²) in [6.07, 6.45) is 0. The summed E-state index contributed by atoms with van der Waals surface area (Å²) < 4.78 is 0. The molecule has 0 aliphatic heterocycles. The zero-order chi connectivity index (χ0) is 11.7. The van der Waals surface area contributed by atoms with Crippen LogP contribution < -0.4 is 0 Å². The summed E-state index contributed by atoms with van der Waals surface area (Å²) in [6, 6.07) is 4.60. The van der Waals surface area contributed by atoms with Crippen LogP contribution in [-0.2, 0) is 0 Å². The first kappa shape index (κ1) is 10.2. The van der Waals surface area contributed by atoms with E-state index in [9.17, 15) is 4.79 Å². The maximum atomic E-state index is 10.8. The SMILES string of the molecule is C/C(=N\O)c1n[nH]c2ccc(C(=O)O)cc12. The minimum absolute atomic E-state index is 0.167. The standard InChI is InChI=1S/C10H9N3O3/c1-5(13-16)9-7-4-6(10(14)15)2-3-8(7)11-12-9/h2-4,16H,1H3,(H,11,12)(H,14,15)/b13-5+. The van der Waals surface area contributed by atoms with E-state index in [4.69, 9.17) is 10.3 Å². The van der Waals surface area contributed by atoms with E-state index < -0.39 is 5.97 Å². The van der Waals surface area contributed by atoms with Gasteiger partial charge < -0.3 is 10.3 Å². The highest BCUT2D eigenvalue weighted by Crippen LogP contribution is 2.18. The minimum Gasteiger partial charge on any atom is -0.478 e. The number of benzene rings is 1. The van der Waals surface area contributed by atoms with E-state index in [1.54, 1.807) is 13.0 Å². The van der Waals surface area contributed by atoms with Crippen molar-refractivity contribution in [1.82, 2.24) is 10.2 Å². The van der Waals surface area contributed by atoms with Crippen molar-refractivity contribution in [2.45, 2.75) is 6.92 Å². The number of carboxylic acid groups (broad SMARTS) is 1. The van der Waals surface area contributed by atoms with Gasteiger partial charge in [0.2, 0.25) is 0 Å². The van der Waals surface area contributed by atoms with Gasteiger partial charge in [0.15, 0.2) is 0 Å². The first-order valence-electron chi connectivity index (χ1n) is 4.54. The third-order valence-electron chi connectivity index (χ3n) is 2.30. The predicted octanol–water partition coefficient (Wildman–Crippen LogP) is 1.46. The molecule has 0 atom stereocenters. The number of nitrogens with one attached hydrogen (secondary N) is 1. The minimum atomic E-state index is -1.01. The van der Waals surface area contributed by atoms with E-state index in [0.717, 1.165) is 0 Å². The maximum Gasteiger partial charge on any atom is 0.335 e. The first-order valence-corrected chi connectivity index (χ1v) is 4.54. The number of hydrogen-bond donors (Lipinski definition) is 3. The average molecular weight is 219 g/mol. The lowest BCUT2D eigenvalue weighted by Gasteiger charge is -1.96. The van der Waals surface area contributed by atoms with Crippen molar-refractivity contribution in [2.24, 2.45) is 5.16 Å². The van der Waals surface area contributed by atoms with Gasteiger partial charge >= 0.3 is 5.97 Å². The summed E-state index contributed by atoms with van der Waals surface area (Å²) in [4.78, 5) is 10.8. The fourth-order valence-corrected chi connectivity index (χ4v) is 1.47. The Labute approximate surface area is 90.2 Å². The summed E-state index contributed by atoms with van der Waals surface area (Å²) in [5.74, 6) is -1.01. The zero-order valence-corrected chi connectivity index (χ0v) is 8.43. The van der Waals surface area contributed by atoms with Crippen molar-refractivity contribution >= 4 is 22.6 Å².